The van der Waals surface area contributed by atoms with Gasteiger partial charge in [0.25, 0.3) is 0 Å². The molecule has 0 spiro atoms. The number of fused-ring (bicyclic) bond motifs is 2. The van der Waals surface area contributed by atoms with Crippen LogP contribution in [0.5, 0.6) is 0 Å². The summed E-state index contributed by atoms with van der Waals surface area (Å²) in [5, 5.41) is 2.63. The minimum Gasteiger partial charge on any atom is -0.744 e. The minimum absolute atomic E-state index is 0. The Balaban J connectivity index is 0.000000227. The Kier molecular flexibility index (Phi) is 8.73. The van der Waals surface area contributed by atoms with Crippen LogP contribution in [0.2, 0.25) is 0 Å². The molecule has 0 unspecified atom stereocenters. The number of hydrogen-bond donors (Lipinski definition) is 0. The van der Waals surface area contributed by atoms with Gasteiger partial charge in [-0.3, -0.25) is 0 Å². The Hall–Kier alpha value is -1.52. The first-order valence-corrected chi connectivity index (χ1v) is 12.5. The van der Waals surface area contributed by atoms with Gasteiger partial charge in [0.05, 0.1) is 9.79 Å². The maximum atomic E-state index is 11.1. The molecule has 4 rings (SSSR count). The van der Waals surface area contributed by atoms with E-state index in [1.54, 1.807) is 24.3 Å². The summed E-state index contributed by atoms with van der Waals surface area (Å²) in [5.41, 5.74) is 4.16. The summed E-state index contributed by atoms with van der Waals surface area (Å²) in [4.78, 5) is -0.291. The Morgan fingerprint density at radius 3 is 1.15 bits per heavy atom. The molecule has 0 bridgehead atoms. The van der Waals surface area contributed by atoms with E-state index in [0.29, 0.717) is 10.8 Å². The summed E-state index contributed by atoms with van der Waals surface area (Å²) in [6.07, 6.45) is 0. The molecule has 0 saturated carbocycles. The second-order valence-electron chi connectivity index (χ2n) is 7.63. The van der Waals surface area contributed by atoms with Gasteiger partial charge >= 0.3 is 37.7 Å². The molecular formula is C24H22CaO6S2. The molecule has 0 amide bonds. The molecule has 9 heteroatoms. The van der Waals surface area contributed by atoms with Crippen LogP contribution in [0, 0.1) is 27.7 Å². The predicted octanol–water partition coefficient (Wildman–Crippen LogP) is 4.34. The van der Waals surface area contributed by atoms with Gasteiger partial charge in [0, 0.05) is 0 Å². The maximum absolute atomic E-state index is 11.1. The second-order valence-corrected chi connectivity index (χ2v) is 10.3. The zero-order chi connectivity index (χ0) is 23.8. The molecule has 0 saturated heterocycles. The smallest absolute Gasteiger partial charge is 0.744 e. The molecule has 0 aliphatic rings. The predicted molar refractivity (Wildman–Crippen MR) is 129 cm³/mol. The van der Waals surface area contributed by atoms with Crippen LogP contribution in [0.15, 0.2) is 70.5 Å². The molecule has 0 fully saturated rings. The first-order valence-electron chi connectivity index (χ1n) is 9.72. The molecule has 0 aliphatic heterocycles. The van der Waals surface area contributed by atoms with Crippen molar-refractivity contribution in [2.24, 2.45) is 0 Å². The summed E-state index contributed by atoms with van der Waals surface area (Å²) in [6, 6.07) is 16.6. The zero-order valence-corrected chi connectivity index (χ0v) is 22.6. The second kappa shape index (κ2) is 10.4. The van der Waals surface area contributed by atoms with E-state index in [2.05, 4.69) is 0 Å². The fourth-order valence-electron chi connectivity index (χ4n) is 3.61. The summed E-state index contributed by atoms with van der Waals surface area (Å²) in [6.45, 7) is 7.73. The molecule has 168 valence electrons. The summed E-state index contributed by atoms with van der Waals surface area (Å²) >= 11 is 0. The van der Waals surface area contributed by atoms with Crippen molar-refractivity contribution < 1.29 is 25.9 Å². The summed E-state index contributed by atoms with van der Waals surface area (Å²) in [5.74, 6) is 0. The largest absolute Gasteiger partial charge is 2.00 e. The normalized spacial score (nSPS) is 11.6. The minimum atomic E-state index is -4.41. The van der Waals surface area contributed by atoms with E-state index in [4.69, 9.17) is 0 Å². The topological polar surface area (TPSA) is 114 Å². The fraction of sp³-hybridized carbons (Fsp3) is 0.167. The molecule has 6 nitrogen and oxygen atoms in total. The van der Waals surface area contributed by atoms with Gasteiger partial charge in [0.1, 0.15) is 20.2 Å². The van der Waals surface area contributed by atoms with E-state index in [9.17, 15) is 25.9 Å². The van der Waals surface area contributed by atoms with Crippen molar-refractivity contribution in [3.8, 4) is 0 Å². The zero-order valence-electron chi connectivity index (χ0n) is 18.7. The van der Waals surface area contributed by atoms with Gasteiger partial charge in [0.15, 0.2) is 0 Å². The van der Waals surface area contributed by atoms with Crippen LogP contribution in [0.4, 0.5) is 0 Å². The fourth-order valence-corrected chi connectivity index (χ4v) is 5.00. The molecule has 4 aromatic rings. The quantitative estimate of drug-likeness (QED) is 0.293. The van der Waals surface area contributed by atoms with E-state index in [0.717, 1.165) is 33.0 Å². The van der Waals surface area contributed by atoms with E-state index in [1.165, 1.54) is 12.1 Å². The monoisotopic (exact) mass is 510 g/mol. The third-order valence-electron chi connectivity index (χ3n) is 5.66. The van der Waals surface area contributed by atoms with Crippen molar-refractivity contribution in [3.05, 3.63) is 82.9 Å². The Labute approximate surface area is 224 Å². The average molecular weight is 511 g/mol. The molecule has 0 heterocycles. The maximum Gasteiger partial charge on any atom is 2.00 e. The van der Waals surface area contributed by atoms with E-state index < -0.39 is 20.2 Å². The molecule has 0 aromatic heterocycles. The van der Waals surface area contributed by atoms with Gasteiger partial charge in [-0.2, -0.15) is 0 Å². The molecule has 0 radical (unpaired) electrons. The van der Waals surface area contributed by atoms with Crippen molar-refractivity contribution >= 4 is 79.5 Å². The van der Waals surface area contributed by atoms with Crippen molar-refractivity contribution in [2.75, 3.05) is 0 Å². The van der Waals surface area contributed by atoms with Gasteiger partial charge in [-0.25, -0.2) is 16.8 Å². The van der Waals surface area contributed by atoms with Crippen LogP contribution in [-0.4, -0.2) is 63.7 Å². The number of rotatable bonds is 2. The summed E-state index contributed by atoms with van der Waals surface area (Å²) in [7, 11) is -8.82. The Morgan fingerprint density at radius 2 is 0.848 bits per heavy atom. The number of hydrogen-bond acceptors (Lipinski definition) is 6. The number of aryl methyl sites for hydroxylation is 4. The van der Waals surface area contributed by atoms with Crippen LogP contribution >= 0.6 is 0 Å². The number of benzene rings is 4. The standard InChI is InChI=1S/2C12H12O3S.Ca/c2*1-8-6-7-11-10(9(8)2)4-3-5-12(11)16(13,14)15;/h2*3-7H,1-2H3,(H,13,14,15);/q;;+2/p-2. The SMILES string of the molecule is Cc1ccc2c(S(=O)(=O)[O-])cccc2c1C.Cc1ccc2c(S(=O)(=O)[O-])cccc2c1C.[Ca+2]. The molecule has 0 N–H and O–H groups in total. The van der Waals surface area contributed by atoms with Gasteiger partial charge < -0.3 is 9.11 Å². The van der Waals surface area contributed by atoms with E-state index in [-0.39, 0.29) is 47.5 Å². The van der Waals surface area contributed by atoms with Crippen LogP contribution in [0.3, 0.4) is 0 Å². The Bertz CT molecular complexity index is 1440. The van der Waals surface area contributed by atoms with Crippen molar-refractivity contribution in [3.63, 3.8) is 0 Å². The van der Waals surface area contributed by atoms with Crippen LogP contribution in [0.1, 0.15) is 22.3 Å². The molecule has 33 heavy (non-hydrogen) atoms. The molecule has 4 aromatic carbocycles. The first kappa shape index (κ1) is 27.7. The van der Waals surface area contributed by atoms with Crippen LogP contribution < -0.4 is 0 Å². The molecular weight excluding hydrogens is 488 g/mol. The van der Waals surface area contributed by atoms with Crippen molar-refractivity contribution in [2.45, 2.75) is 37.5 Å². The van der Waals surface area contributed by atoms with Crippen molar-refractivity contribution in [1.82, 2.24) is 0 Å². The van der Waals surface area contributed by atoms with E-state index in [1.807, 2.05) is 52.0 Å². The molecule has 0 atom stereocenters. The van der Waals surface area contributed by atoms with Crippen molar-refractivity contribution in [1.29, 1.82) is 0 Å². The third-order valence-corrected chi connectivity index (χ3v) is 7.45. The van der Waals surface area contributed by atoms with Crippen LogP contribution in [0.25, 0.3) is 21.5 Å². The average Bonchev–Trinajstić information content (AvgIpc) is 2.72. The van der Waals surface area contributed by atoms with Gasteiger partial charge in [-0.15, -0.1) is 0 Å². The Morgan fingerprint density at radius 1 is 0.515 bits per heavy atom. The summed E-state index contributed by atoms with van der Waals surface area (Å²) < 4.78 is 66.5. The molecule has 0 aliphatic carbocycles. The first-order chi connectivity index (χ1) is 14.8. The van der Waals surface area contributed by atoms with Gasteiger partial charge in [-0.1, -0.05) is 48.5 Å². The third kappa shape index (κ3) is 5.95. The van der Waals surface area contributed by atoms with Gasteiger partial charge in [0.2, 0.25) is 0 Å². The van der Waals surface area contributed by atoms with Gasteiger partial charge in [-0.05, 0) is 83.6 Å². The van der Waals surface area contributed by atoms with E-state index >= 15 is 0 Å². The van der Waals surface area contributed by atoms with Crippen LogP contribution in [-0.2, 0) is 20.2 Å².